The zero-order valence-electron chi connectivity index (χ0n) is 12.9. The number of carbonyl (C=O) groups excluding carboxylic acids is 1. The number of ether oxygens (including phenoxy) is 1. The Labute approximate surface area is 125 Å². The van der Waals surface area contributed by atoms with E-state index in [0.717, 1.165) is 19.4 Å². The van der Waals surface area contributed by atoms with Gasteiger partial charge in [0.1, 0.15) is 0 Å². The average molecular weight is 298 g/mol. The number of amides is 1. The molecule has 2 saturated heterocycles. The number of likely N-dealkylation sites (tertiary alicyclic amines) is 1. The molecule has 0 aliphatic carbocycles. The SMILES string of the molecule is CC(C)C1(C(=O)O)CCN(CC(=O)NCC2CCCO2)C1. The van der Waals surface area contributed by atoms with Crippen LogP contribution >= 0.6 is 0 Å². The number of rotatable bonds is 6. The maximum atomic E-state index is 12.0. The monoisotopic (exact) mass is 298 g/mol. The van der Waals surface area contributed by atoms with Crippen LogP contribution in [0.3, 0.4) is 0 Å². The Morgan fingerprint density at radius 3 is 2.76 bits per heavy atom. The molecule has 0 aromatic carbocycles. The molecule has 120 valence electrons. The second-order valence-corrected chi connectivity index (χ2v) is 6.52. The van der Waals surface area contributed by atoms with Crippen molar-refractivity contribution in [2.24, 2.45) is 11.3 Å². The van der Waals surface area contributed by atoms with E-state index in [9.17, 15) is 14.7 Å². The van der Waals surface area contributed by atoms with Crippen molar-refractivity contribution in [3.05, 3.63) is 0 Å². The van der Waals surface area contributed by atoms with Gasteiger partial charge < -0.3 is 15.2 Å². The molecule has 0 aromatic heterocycles. The Morgan fingerprint density at radius 2 is 2.24 bits per heavy atom. The fourth-order valence-electron chi connectivity index (χ4n) is 3.23. The summed E-state index contributed by atoms with van der Waals surface area (Å²) in [5.74, 6) is -0.731. The quantitative estimate of drug-likeness (QED) is 0.755. The van der Waals surface area contributed by atoms with Crippen LogP contribution in [0.25, 0.3) is 0 Å². The largest absolute Gasteiger partial charge is 0.481 e. The van der Waals surface area contributed by atoms with E-state index in [-0.39, 0.29) is 24.5 Å². The third kappa shape index (κ3) is 3.74. The fraction of sp³-hybridized carbons (Fsp3) is 0.867. The molecular weight excluding hydrogens is 272 g/mol. The highest BCUT2D eigenvalue weighted by atomic mass is 16.5. The van der Waals surface area contributed by atoms with E-state index >= 15 is 0 Å². The van der Waals surface area contributed by atoms with Crippen molar-refractivity contribution in [1.29, 1.82) is 0 Å². The molecule has 2 fully saturated rings. The maximum Gasteiger partial charge on any atom is 0.311 e. The van der Waals surface area contributed by atoms with Crippen molar-refractivity contribution in [3.63, 3.8) is 0 Å². The lowest BCUT2D eigenvalue weighted by Gasteiger charge is -2.28. The molecule has 0 spiro atoms. The Kier molecular flexibility index (Phi) is 5.22. The zero-order valence-corrected chi connectivity index (χ0v) is 12.9. The van der Waals surface area contributed by atoms with Gasteiger partial charge in [0.05, 0.1) is 18.1 Å². The highest BCUT2D eigenvalue weighted by molar-refractivity contribution is 5.79. The normalized spacial score (nSPS) is 30.0. The van der Waals surface area contributed by atoms with Crippen LogP contribution in [-0.4, -0.2) is 60.8 Å². The summed E-state index contributed by atoms with van der Waals surface area (Å²) in [6.45, 7) is 6.60. The number of nitrogens with one attached hydrogen (secondary N) is 1. The number of aliphatic carboxylic acids is 1. The number of carbonyl (C=O) groups is 2. The summed E-state index contributed by atoms with van der Waals surface area (Å²) in [5.41, 5.74) is -0.713. The van der Waals surface area contributed by atoms with E-state index in [1.54, 1.807) is 0 Å². The van der Waals surface area contributed by atoms with Gasteiger partial charge in [-0.3, -0.25) is 14.5 Å². The molecule has 2 N–H and O–H groups in total. The van der Waals surface area contributed by atoms with Crippen molar-refractivity contribution in [2.45, 2.75) is 39.2 Å². The van der Waals surface area contributed by atoms with Crippen LogP contribution in [0, 0.1) is 11.3 Å². The van der Waals surface area contributed by atoms with Crippen molar-refractivity contribution in [2.75, 3.05) is 32.8 Å². The summed E-state index contributed by atoms with van der Waals surface area (Å²) in [7, 11) is 0. The van der Waals surface area contributed by atoms with Crippen molar-refractivity contribution < 1.29 is 19.4 Å². The van der Waals surface area contributed by atoms with Crippen LogP contribution < -0.4 is 5.32 Å². The van der Waals surface area contributed by atoms with Crippen molar-refractivity contribution in [1.82, 2.24) is 10.2 Å². The van der Waals surface area contributed by atoms with E-state index in [4.69, 9.17) is 4.74 Å². The van der Waals surface area contributed by atoms with Gasteiger partial charge in [-0.15, -0.1) is 0 Å². The minimum atomic E-state index is -0.750. The van der Waals surface area contributed by atoms with Gasteiger partial charge in [-0.1, -0.05) is 13.8 Å². The van der Waals surface area contributed by atoms with Crippen LogP contribution in [0.4, 0.5) is 0 Å². The summed E-state index contributed by atoms with van der Waals surface area (Å²) < 4.78 is 5.46. The molecular formula is C15H26N2O4. The lowest BCUT2D eigenvalue weighted by molar-refractivity contribution is -0.151. The second kappa shape index (κ2) is 6.75. The Balaban J connectivity index is 1.78. The lowest BCUT2D eigenvalue weighted by atomic mass is 9.76. The Morgan fingerprint density at radius 1 is 1.48 bits per heavy atom. The molecule has 2 heterocycles. The molecule has 1 amide bonds. The first-order chi connectivity index (χ1) is 9.94. The van der Waals surface area contributed by atoms with E-state index < -0.39 is 11.4 Å². The van der Waals surface area contributed by atoms with E-state index in [1.807, 2.05) is 18.7 Å². The standard InChI is InChI=1S/C15H26N2O4/c1-11(2)15(14(19)20)5-6-17(10-15)9-13(18)16-8-12-4-3-7-21-12/h11-12H,3-10H2,1-2H3,(H,16,18)(H,19,20). The summed E-state index contributed by atoms with van der Waals surface area (Å²) >= 11 is 0. The molecule has 2 aliphatic rings. The van der Waals surface area contributed by atoms with Gasteiger partial charge in [0.25, 0.3) is 0 Å². The predicted molar refractivity (Wildman–Crippen MR) is 77.9 cm³/mol. The Bertz CT molecular complexity index is 393. The third-order valence-corrected chi connectivity index (χ3v) is 4.83. The van der Waals surface area contributed by atoms with Gasteiger partial charge in [0.2, 0.25) is 5.91 Å². The number of hydrogen-bond acceptors (Lipinski definition) is 4. The van der Waals surface area contributed by atoms with Gasteiger partial charge in [-0.05, 0) is 31.7 Å². The predicted octanol–water partition coefficient (Wildman–Crippen LogP) is 0.714. The van der Waals surface area contributed by atoms with Gasteiger partial charge in [-0.25, -0.2) is 0 Å². The number of carboxylic acids is 1. The van der Waals surface area contributed by atoms with Crippen molar-refractivity contribution in [3.8, 4) is 0 Å². The molecule has 2 atom stereocenters. The molecule has 0 radical (unpaired) electrons. The van der Waals surface area contributed by atoms with E-state index in [2.05, 4.69) is 5.32 Å². The van der Waals surface area contributed by atoms with Crippen molar-refractivity contribution >= 4 is 11.9 Å². The van der Waals surface area contributed by atoms with Gasteiger partial charge in [0.15, 0.2) is 0 Å². The minimum absolute atomic E-state index is 0.0459. The Hall–Kier alpha value is -1.14. The van der Waals surface area contributed by atoms with Crippen LogP contribution in [0.5, 0.6) is 0 Å². The maximum absolute atomic E-state index is 12.0. The molecule has 2 rings (SSSR count). The fourth-order valence-corrected chi connectivity index (χ4v) is 3.23. The molecule has 0 aromatic rings. The molecule has 2 aliphatic heterocycles. The van der Waals surface area contributed by atoms with Gasteiger partial charge in [-0.2, -0.15) is 0 Å². The number of hydrogen-bond donors (Lipinski definition) is 2. The summed E-state index contributed by atoms with van der Waals surface area (Å²) in [5, 5.41) is 12.4. The molecule has 6 nitrogen and oxygen atoms in total. The molecule has 2 unspecified atom stereocenters. The van der Waals surface area contributed by atoms with E-state index in [0.29, 0.717) is 26.1 Å². The van der Waals surface area contributed by atoms with Crippen LogP contribution in [0.15, 0.2) is 0 Å². The van der Waals surface area contributed by atoms with Crippen LogP contribution in [0.1, 0.15) is 33.1 Å². The first-order valence-corrected chi connectivity index (χ1v) is 7.78. The topological polar surface area (TPSA) is 78.9 Å². The first kappa shape index (κ1) is 16.2. The molecule has 0 bridgehead atoms. The van der Waals surface area contributed by atoms with Crippen LogP contribution in [-0.2, 0) is 14.3 Å². The number of nitrogens with zero attached hydrogens (tertiary/aromatic N) is 1. The third-order valence-electron chi connectivity index (χ3n) is 4.83. The highest BCUT2D eigenvalue weighted by Crippen LogP contribution is 2.37. The van der Waals surface area contributed by atoms with E-state index in [1.165, 1.54) is 0 Å². The summed E-state index contributed by atoms with van der Waals surface area (Å²) in [4.78, 5) is 25.4. The summed E-state index contributed by atoms with van der Waals surface area (Å²) in [6.07, 6.45) is 2.81. The molecule has 21 heavy (non-hydrogen) atoms. The van der Waals surface area contributed by atoms with Gasteiger partial charge >= 0.3 is 5.97 Å². The average Bonchev–Trinajstić information content (AvgIpc) is 3.05. The molecule has 0 saturated carbocycles. The van der Waals surface area contributed by atoms with Gasteiger partial charge in [0, 0.05) is 19.7 Å². The smallest absolute Gasteiger partial charge is 0.311 e. The van der Waals surface area contributed by atoms with Crippen LogP contribution in [0.2, 0.25) is 0 Å². The highest BCUT2D eigenvalue weighted by Gasteiger charge is 2.47. The minimum Gasteiger partial charge on any atom is -0.481 e. The summed E-state index contributed by atoms with van der Waals surface area (Å²) in [6, 6.07) is 0. The second-order valence-electron chi connectivity index (χ2n) is 6.52. The first-order valence-electron chi connectivity index (χ1n) is 7.78. The number of carboxylic acid groups (broad SMARTS) is 1. The zero-order chi connectivity index (χ0) is 15.5. The lowest BCUT2D eigenvalue weighted by Crippen LogP contribution is -2.43. The molecule has 6 heteroatoms.